The van der Waals surface area contributed by atoms with Crippen molar-refractivity contribution in [3.05, 3.63) is 65.0 Å². The third-order valence-electron chi connectivity index (χ3n) is 3.86. The molecule has 0 radical (unpaired) electrons. The lowest BCUT2D eigenvalue weighted by Gasteiger charge is -2.14. The highest BCUT2D eigenvalue weighted by atomic mass is 19.1. The van der Waals surface area contributed by atoms with Crippen LogP contribution in [0.3, 0.4) is 0 Å². The standard InChI is InChI=1S/C17H18FNO/c18-16-7-2-1-6-15(16)17(20)11-19-14-9-8-12-4-3-5-13(12)10-14/h1-2,6-10,17,19-20H,3-5,11H2. The molecular formula is C17H18FNO. The predicted octanol–water partition coefficient (Wildman–Crippen LogP) is 3.46. The highest BCUT2D eigenvalue weighted by molar-refractivity contribution is 5.50. The van der Waals surface area contributed by atoms with Crippen LogP contribution >= 0.6 is 0 Å². The first-order chi connectivity index (χ1) is 9.74. The van der Waals surface area contributed by atoms with E-state index < -0.39 is 6.10 Å². The van der Waals surface area contributed by atoms with Gasteiger partial charge >= 0.3 is 0 Å². The minimum absolute atomic E-state index is 0.305. The number of halogens is 1. The molecule has 2 aromatic rings. The van der Waals surface area contributed by atoms with Gasteiger partial charge in [-0.2, -0.15) is 0 Å². The highest BCUT2D eigenvalue weighted by Crippen LogP contribution is 2.25. The third-order valence-corrected chi connectivity index (χ3v) is 3.86. The Morgan fingerprint density at radius 2 is 1.90 bits per heavy atom. The van der Waals surface area contributed by atoms with Crippen molar-refractivity contribution >= 4 is 5.69 Å². The molecule has 1 unspecified atom stereocenters. The summed E-state index contributed by atoms with van der Waals surface area (Å²) in [5, 5.41) is 13.2. The van der Waals surface area contributed by atoms with Crippen LogP contribution in [0.5, 0.6) is 0 Å². The van der Waals surface area contributed by atoms with E-state index >= 15 is 0 Å². The number of aryl methyl sites for hydroxylation is 2. The van der Waals surface area contributed by atoms with Gasteiger partial charge in [-0.05, 0) is 48.6 Å². The molecule has 2 aromatic carbocycles. The SMILES string of the molecule is OC(CNc1ccc2c(c1)CCC2)c1ccccc1F. The molecule has 0 saturated carbocycles. The van der Waals surface area contributed by atoms with Gasteiger partial charge in [-0.25, -0.2) is 4.39 Å². The number of benzene rings is 2. The lowest BCUT2D eigenvalue weighted by Crippen LogP contribution is -2.13. The van der Waals surface area contributed by atoms with Gasteiger partial charge in [0.2, 0.25) is 0 Å². The highest BCUT2D eigenvalue weighted by Gasteiger charge is 2.13. The average molecular weight is 271 g/mol. The second-order valence-electron chi connectivity index (χ2n) is 5.26. The van der Waals surface area contributed by atoms with Gasteiger partial charge in [-0.3, -0.25) is 0 Å². The fourth-order valence-electron chi connectivity index (χ4n) is 2.75. The summed E-state index contributed by atoms with van der Waals surface area (Å²) >= 11 is 0. The molecule has 0 aliphatic heterocycles. The van der Waals surface area contributed by atoms with E-state index in [9.17, 15) is 9.50 Å². The maximum absolute atomic E-state index is 13.6. The number of rotatable bonds is 4. The van der Waals surface area contributed by atoms with Crippen LogP contribution in [0.1, 0.15) is 29.2 Å². The largest absolute Gasteiger partial charge is 0.386 e. The van der Waals surface area contributed by atoms with E-state index in [2.05, 4.69) is 17.4 Å². The summed E-state index contributed by atoms with van der Waals surface area (Å²) in [5.41, 5.74) is 4.13. The molecular weight excluding hydrogens is 253 g/mol. The van der Waals surface area contributed by atoms with Crippen LogP contribution in [0.25, 0.3) is 0 Å². The Hall–Kier alpha value is -1.87. The van der Waals surface area contributed by atoms with Gasteiger partial charge < -0.3 is 10.4 Å². The first kappa shape index (κ1) is 13.1. The van der Waals surface area contributed by atoms with E-state index in [4.69, 9.17) is 0 Å². The monoisotopic (exact) mass is 271 g/mol. The Morgan fingerprint density at radius 1 is 1.10 bits per heavy atom. The van der Waals surface area contributed by atoms with Crippen molar-refractivity contribution in [3.8, 4) is 0 Å². The van der Waals surface area contributed by atoms with Crippen molar-refractivity contribution in [2.24, 2.45) is 0 Å². The van der Waals surface area contributed by atoms with Gasteiger partial charge in [-0.15, -0.1) is 0 Å². The molecule has 0 heterocycles. The number of hydrogen-bond acceptors (Lipinski definition) is 2. The summed E-state index contributed by atoms with van der Waals surface area (Å²) in [6, 6.07) is 12.6. The van der Waals surface area contributed by atoms with Gasteiger partial charge in [0.05, 0.1) is 6.10 Å². The fourth-order valence-corrected chi connectivity index (χ4v) is 2.75. The van der Waals surface area contributed by atoms with E-state index in [1.165, 1.54) is 23.6 Å². The van der Waals surface area contributed by atoms with Gasteiger partial charge in [-0.1, -0.05) is 24.3 Å². The van der Waals surface area contributed by atoms with Gasteiger partial charge in [0.15, 0.2) is 0 Å². The van der Waals surface area contributed by atoms with Gasteiger partial charge in [0.25, 0.3) is 0 Å². The molecule has 3 rings (SSSR count). The van der Waals surface area contributed by atoms with Crippen molar-refractivity contribution in [2.75, 3.05) is 11.9 Å². The maximum atomic E-state index is 13.6. The van der Waals surface area contributed by atoms with E-state index in [0.717, 1.165) is 18.5 Å². The summed E-state index contributed by atoms with van der Waals surface area (Å²) in [7, 11) is 0. The Morgan fingerprint density at radius 3 is 2.75 bits per heavy atom. The second-order valence-corrected chi connectivity index (χ2v) is 5.26. The molecule has 2 N–H and O–H groups in total. The van der Waals surface area contributed by atoms with Crippen LogP contribution in [0, 0.1) is 5.82 Å². The molecule has 3 heteroatoms. The van der Waals surface area contributed by atoms with Crippen molar-refractivity contribution in [3.63, 3.8) is 0 Å². The van der Waals surface area contributed by atoms with Crippen molar-refractivity contribution in [2.45, 2.75) is 25.4 Å². The molecule has 1 atom stereocenters. The first-order valence-electron chi connectivity index (χ1n) is 7.02. The summed E-state index contributed by atoms with van der Waals surface area (Å²) in [6.45, 7) is 0.305. The Balaban J connectivity index is 1.66. The van der Waals surface area contributed by atoms with E-state index in [-0.39, 0.29) is 5.82 Å². The predicted molar refractivity (Wildman–Crippen MR) is 78.3 cm³/mol. The third kappa shape index (κ3) is 2.68. The summed E-state index contributed by atoms with van der Waals surface area (Å²) in [5.74, 6) is -0.365. The van der Waals surface area contributed by atoms with Gasteiger partial charge in [0, 0.05) is 17.8 Å². The average Bonchev–Trinajstić information content (AvgIpc) is 2.92. The lowest BCUT2D eigenvalue weighted by atomic mass is 10.1. The number of aliphatic hydroxyl groups is 1. The van der Waals surface area contributed by atoms with Crippen LogP contribution < -0.4 is 5.32 Å². The number of fused-ring (bicyclic) bond motifs is 1. The maximum Gasteiger partial charge on any atom is 0.129 e. The smallest absolute Gasteiger partial charge is 0.129 e. The Bertz CT molecular complexity index is 612. The minimum Gasteiger partial charge on any atom is -0.386 e. The molecule has 1 aliphatic rings. The minimum atomic E-state index is -0.843. The summed E-state index contributed by atoms with van der Waals surface area (Å²) in [6.07, 6.45) is 2.66. The molecule has 0 bridgehead atoms. The molecule has 0 aromatic heterocycles. The van der Waals surface area contributed by atoms with E-state index in [0.29, 0.717) is 12.1 Å². The topological polar surface area (TPSA) is 32.3 Å². The van der Waals surface area contributed by atoms with Gasteiger partial charge in [0.1, 0.15) is 5.82 Å². The van der Waals surface area contributed by atoms with E-state index in [1.54, 1.807) is 18.2 Å². The lowest BCUT2D eigenvalue weighted by molar-refractivity contribution is 0.186. The van der Waals surface area contributed by atoms with Crippen molar-refractivity contribution in [1.82, 2.24) is 0 Å². The normalized spacial score (nSPS) is 14.9. The van der Waals surface area contributed by atoms with Crippen LogP contribution in [0.15, 0.2) is 42.5 Å². The molecule has 104 valence electrons. The summed E-state index contributed by atoms with van der Waals surface area (Å²) in [4.78, 5) is 0. The molecule has 20 heavy (non-hydrogen) atoms. The van der Waals surface area contributed by atoms with Crippen LogP contribution in [-0.4, -0.2) is 11.7 Å². The van der Waals surface area contributed by atoms with Crippen LogP contribution in [-0.2, 0) is 12.8 Å². The Labute approximate surface area is 118 Å². The molecule has 1 aliphatic carbocycles. The van der Waals surface area contributed by atoms with Crippen molar-refractivity contribution in [1.29, 1.82) is 0 Å². The number of hydrogen-bond donors (Lipinski definition) is 2. The molecule has 0 fully saturated rings. The Kier molecular flexibility index (Phi) is 3.70. The number of nitrogens with one attached hydrogen (secondary N) is 1. The first-order valence-corrected chi connectivity index (χ1v) is 7.02. The molecule has 2 nitrogen and oxygen atoms in total. The summed E-state index contributed by atoms with van der Waals surface area (Å²) < 4.78 is 13.6. The molecule has 0 saturated heterocycles. The molecule has 0 amide bonds. The van der Waals surface area contributed by atoms with Crippen LogP contribution in [0.2, 0.25) is 0 Å². The zero-order chi connectivity index (χ0) is 13.9. The zero-order valence-electron chi connectivity index (χ0n) is 11.3. The number of anilines is 1. The fraction of sp³-hybridized carbons (Fsp3) is 0.294. The van der Waals surface area contributed by atoms with Crippen LogP contribution in [0.4, 0.5) is 10.1 Å². The van der Waals surface area contributed by atoms with E-state index in [1.807, 2.05) is 6.07 Å². The number of aliphatic hydroxyl groups excluding tert-OH is 1. The zero-order valence-corrected chi connectivity index (χ0v) is 11.3. The molecule has 0 spiro atoms. The van der Waals surface area contributed by atoms with Crippen molar-refractivity contribution < 1.29 is 9.50 Å². The second kappa shape index (κ2) is 5.63. The quantitative estimate of drug-likeness (QED) is 0.892.